The van der Waals surface area contributed by atoms with Crippen molar-refractivity contribution in [3.63, 3.8) is 0 Å². The van der Waals surface area contributed by atoms with Gasteiger partial charge in [0.1, 0.15) is 23.7 Å². The Morgan fingerprint density at radius 1 is 1.36 bits per heavy atom. The molecule has 0 aliphatic carbocycles. The molecule has 18 heteroatoms. The van der Waals surface area contributed by atoms with E-state index in [-0.39, 0.29) is 47.0 Å². The van der Waals surface area contributed by atoms with Crippen LogP contribution >= 0.6 is 23.3 Å². The van der Waals surface area contributed by atoms with Crippen LogP contribution in [0.15, 0.2) is 47.1 Å². The molecule has 1 saturated heterocycles. The van der Waals surface area contributed by atoms with Gasteiger partial charge in [-0.25, -0.2) is 4.57 Å². The number of amides is 3. The molecule has 2 aliphatic heterocycles. The number of nitriles is 1. The van der Waals surface area contributed by atoms with Crippen LogP contribution in [0.5, 0.6) is 0 Å². The summed E-state index contributed by atoms with van der Waals surface area (Å²) in [6, 6.07) is 2.57. The number of thioether (sulfide) groups is 1. The number of hydrogen-bond donors (Lipinski definition) is 4. The zero-order chi connectivity index (χ0) is 31.5. The number of carbonyl (C=O) groups is 4. The number of β-lactam (4-membered cyclic amide) rings is 1. The minimum absolute atomic E-state index is 0.0596. The van der Waals surface area contributed by atoms with Crippen LogP contribution < -0.4 is 26.0 Å². The number of nitrogen functional groups attached to an aromatic ring is 1. The Kier molecular flexibility index (Phi) is 8.59. The third kappa shape index (κ3) is 5.69. The summed E-state index contributed by atoms with van der Waals surface area (Å²) in [5.74, 6) is -3.24. The van der Waals surface area contributed by atoms with E-state index in [2.05, 4.69) is 30.1 Å². The summed E-state index contributed by atoms with van der Waals surface area (Å²) >= 11 is 2.16. The fourth-order valence-corrected chi connectivity index (χ4v) is 6.52. The average Bonchev–Trinajstić information content (AvgIpc) is 3.61. The number of anilines is 1. The summed E-state index contributed by atoms with van der Waals surface area (Å²) < 4.78 is 5.73. The molecule has 0 saturated carbocycles. The first-order chi connectivity index (χ1) is 21.1. The Morgan fingerprint density at radius 3 is 2.75 bits per heavy atom. The topological polar surface area (TPSA) is 235 Å². The van der Waals surface area contributed by atoms with Gasteiger partial charge in [0, 0.05) is 46.8 Å². The summed E-state index contributed by atoms with van der Waals surface area (Å²) in [5.41, 5.74) is 8.05. The largest absolute Gasteiger partial charge is 0.543 e. The van der Waals surface area contributed by atoms with Gasteiger partial charge in [0.25, 0.3) is 17.7 Å². The van der Waals surface area contributed by atoms with Crippen LogP contribution in [0.4, 0.5) is 5.13 Å². The number of fused-ring (bicyclic) bond motifs is 1. The zero-order valence-corrected chi connectivity index (χ0v) is 24.8. The molecule has 0 bridgehead atoms. The maximum absolute atomic E-state index is 13.1. The number of rotatable bonds is 10. The molecule has 0 spiro atoms. The molecule has 2 aliphatic rings. The average molecular weight is 637 g/mol. The molecule has 1 fully saturated rings. The van der Waals surface area contributed by atoms with Gasteiger partial charge in [0.05, 0.1) is 11.7 Å². The molecule has 0 aromatic carbocycles. The number of oxime groups is 1. The molecule has 5 N–H and O–H groups in total. The predicted molar refractivity (Wildman–Crippen MR) is 154 cm³/mol. The van der Waals surface area contributed by atoms with Crippen LogP contribution in [0.1, 0.15) is 28.8 Å². The van der Waals surface area contributed by atoms with Crippen LogP contribution in [-0.4, -0.2) is 72.4 Å². The van der Waals surface area contributed by atoms with E-state index >= 15 is 0 Å². The molecule has 2 unspecified atom stereocenters. The summed E-state index contributed by atoms with van der Waals surface area (Å²) in [4.78, 5) is 63.4. The minimum atomic E-state index is -1.51. The summed E-state index contributed by atoms with van der Waals surface area (Å²) in [6.45, 7) is 3.76. The molecule has 3 aromatic heterocycles. The highest BCUT2D eigenvalue weighted by Crippen LogP contribution is 2.40. The first kappa shape index (κ1) is 30.2. The maximum atomic E-state index is 13.1. The normalized spacial score (nSPS) is 17.8. The summed E-state index contributed by atoms with van der Waals surface area (Å²) in [7, 11) is 0. The molecular formula is C26H24N10O6S2. The lowest BCUT2D eigenvalue weighted by Crippen LogP contribution is -2.71. The number of carbonyl (C=O) groups excluding carboxylic acids is 4. The number of pyridine rings is 1. The van der Waals surface area contributed by atoms with Crippen LogP contribution in [0.25, 0.3) is 11.1 Å². The molecule has 44 heavy (non-hydrogen) atoms. The molecule has 226 valence electrons. The second kappa shape index (κ2) is 12.5. The quantitative estimate of drug-likeness (QED) is 0.0513. The van der Waals surface area contributed by atoms with Gasteiger partial charge in [-0.3, -0.25) is 24.6 Å². The van der Waals surface area contributed by atoms with Crippen molar-refractivity contribution >= 4 is 57.8 Å². The lowest BCUT2D eigenvalue weighted by Gasteiger charge is -2.50. The Balaban J connectivity index is 1.31. The second-order valence-electron chi connectivity index (χ2n) is 9.44. The van der Waals surface area contributed by atoms with Gasteiger partial charge in [0.2, 0.25) is 11.5 Å². The monoisotopic (exact) mass is 636 g/mol. The highest BCUT2D eigenvalue weighted by atomic mass is 32.2. The Bertz CT molecular complexity index is 1760. The van der Waals surface area contributed by atoms with E-state index in [0.29, 0.717) is 11.1 Å². The van der Waals surface area contributed by atoms with E-state index in [9.17, 15) is 24.3 Å². The van der Waals surface area contributed by atoms with Crippen molar-refractivity contribution in [1.82, 2.24) is 29.9 Å². The number of aliphatic carboxylic acids is 1. The van der Waals surface area contributed by atoms with Crippen molar-refractivity contribution in [2.24, 2.45) is 5.16 Å². The number of nitrogens with one attached hydrogen (secondary N) is 3. The van der Waals surface area contributed by atoms with E-state index in [1.807, 2.05) is 0 Å². The molecule has 3 aromatic rings. The fourth-order valence-electron chi connectivity index (χ4n) is 4.75. The smallest absolute Gasteiger partial charge is 0.280 e. The lowest BCUT2D eigenvalue weighted by atomic mass is 10.0. The van der Waals surface area contributed by atoms with Gasteiger partial charge >= 0.3 is 0 Å². The van der Waals surface area contributed by atoms with Gasteiger partial charge in [-0.05, 0) is 25.0 Å². The molecule has 5 rings (SSSR count). The number of aromatic amines is 1. The number of hydrogen-bond acceptors (Lipinski definition) is 13. The van der Waals surface area contributed by atoms with E-state index in [1.54, 1.807) is 55.3 Å². The van der Waals surface area contributed by atoms with Crippen LogP contribution in [0.2, 0.25) is 0 Å². The van der Waals surface area contributed by atoms with Crippen molar-refractivity contribution < 1.29 is 33.7 Å². The third-order valence-electron chi connectivity index (χ3n) is 6.79. The van der Waals surface area contributed by atoms with Crippen LogP contribution in [0.3, 0.4) is 0 Å². The molecule has 2 atom stereocenters. The van der Waals surface area contributed by atoms with Crippen LogP contribution in [0, 0.1) is 18.4 Å². The number of H-pyrrole nitrogens is 1. The minimum Gasteiger partial charge on any atom is -0.543 e. The van der Waals surface area contributed by atoms with E-state index in [1.165, 1.54) is 11.8 Å². The van der Waals surface area contributed by atoms with Gasteiger partial charge in [-0.1, -0.05) is 5.16 Å². The zero-order valence-electron chi connectivity index (χ0n) is 23.2. The molecular weight excluding hydrogens is 612 g/mol. The Labute approximate surface area is 257 Å². The number of carboxylic acid groups (broad SMARTS) is 1. The molecule has 0 radical (unpaired) electrons. The van der Waals surface area contributed by atoms with Crippen LogP contribution in [-0.2, 0) is 25.8 Å². The number of nitrogens with two attached hydrogens (primary N) is 1. The highest BCUT2D eigenvalue weighted by Gasteiger charge is 2.53. The van der Waals surface area contributed by atoms with E-state index < -0.39 is 35.1 Å². The van der Waals surface area contributed by atoms with Gasteiger partial charge in [-0.2, -0.15) is 14.6 Å². The Morgan fingerprint density at radius 2 is 2.11 bits per heavy atom. The SMILES string of the molecule is CCO/N=C(/C(=O)NC1C(=O)N2C(C(=O)[O-])=C(C[n+]3ccc(-c4c[nH]c(C(=O)NC#N)c4C)cc3)CSC12)c1nsc(N)n1. The van der Waals surface area contributed by atoms with Crippen molar-refractivity contribution in [3.05, 3.63) is 59.1 Å². The maximum Gasteiger partial charge on any atom is 0.280 e. The van der Waals surface area contributed by atoms with Gasteiger partial charge in [-0.15, -0.1) is 11.8 Å². The van der Waals surface area contributed by atoms with Crippen molar-refractivity contribution in [2.75, 3.05) is 18.1 Å². The highest BCUT2D eigenvalue weighted by molar-refractivity contribution is 8.00. The number of nitrogens with zero attached hydrogens (tertiary/aromatic N) is 6. The molecule has 16 nitrogen and oxygen atoms in total. The van der Waals surface area contributed by atoms with Crippen molar-refractivity contribution in [2.45, 2.75) is 31.8 Å². The number of aromatic nitrogens is 4. The number of carboxylic acids is 1. The lowest BCUT2D eigenvalue weighted by molar-refractivity contribution is -0.689. The van der Waals surface area contributed by atoms with Crippen molar-refractivity contribution in [1.29, 1.82) is 5.26 Å². The summed E-state index contributed by atoms with van der Waals surface area (Å²) in [6.07, 6.45) is 6.75. The van der Waals surface area contributed by atoms with Crippen molar-refractivity contribution in [3.8, 4) is 17.3 Å². The molecule has 3 amide bonds. The second-order valence-corrected chi connectivity index (χ2v) is 11.3. The Hall–Kier alpha value is -5.28. The first-order valence-electron chi connectivity index (χ1n) is 13.0. The third-order valence-corrected chi connectivity index (χ3v) is 8.67. The standard InChI is InChI=1S/C26H24N10O6S2/c1-3-42-33-17(20-32-26(28)44-34-20)22(38)31-18-23(39)36-19(25(40)41)14(10-43-24(18)36)9-35-6-4-13(5-7-35)15-8-29-16(12(15)2)21(37)30-11-27/h4-8,18,24H,3,9-10H2,1-2H3,(H5,28,30,31,32,34,37,38,40,41)/b33-17+. The van der Waals surface area contributed by atoms with E-state index in [0.717, 1.165) is 27.6 Å². The summed E-state index contributed by atoms with van der Waals surface area (Å²) in [5, 5.41) is 28.8. The van der Waals surface area contributed by atoms with E-state index in [4.69, 9.17) is 15.8 Å². The first-order valence-corrected chi connectivity index (χ1v) is 14.8. The fraction of sp³-hybridized carbons (Fsp3) is 0.269. The van der Waals surface area contributed by atoms with Gasteiger partial charge < -0.3 is 30.8 Å². The molecule has 5 heterocycles. The predicted octanol–water partition coefficient (Wildman–Crippen LogP) is -1.23. The van der Waals surface area contributed by atoms with Gasteiger partial charge in [0.15, 0.2) is 30.3 Å².